The molecule has 0 aliphatic heterocycles. The van der Waals surface area contributed by atoms with Crippen molar-refractivity contribution in [2.45, 2.75) is 20.8 Å². The van der Waals surface area contributed by atoms with Crippen LogP contribution in [-0.4, -0.2) is 0 Å². The van der Waals surface area contributed by atoms with E-state index in [0.717, 1.165) is 0 Å². The van der Waals surface area contributed by atoms with Crippen LogP contribution in [0.5, 0.6) is 0 Å². The average Bonchev–Trinajstić information content (AvgIpc) is 1.65. The van der Waals surface area contributed by atoms with Gasteiger partial charge in [-0.05, 0) is 18.2 Å². The first kappa shape index (κ1) is 7.09. The van der Waals surface area contributed by atoms with Gasteiger partial charge < -0.3 is 0 Å². The Kier molecular flexibility index (Phi) is 3.18. The summed E-state index contributed by atoms with van der Waals surface area (Å²) in [4.78, 5) is 0. The van der Waals surface area contributed by atoms with Crippen LogP contribution >= 0.6 is 12.6 Å². The van der Waals surface area contributed by atoms with Crippen LogP contribution in [0.2, 0.25) is 0 Å². The zero-order chi connectivity index (χ0) is 5.86. The third kappa shape index (κ3) is 2.75. The van der Waals surface area contributed by atoms with Crippen LogP contribution in [0.3, 0.4) is 0 Å². The topological polar surface area (TPSA) is 0 Å². The molecule has 42 valence electrons. The van der Waals surface area contributed by atoms with Gasteiger partial charge in [-0.1, -0.05) is 19.4 Å². The Labute approximate surface area is 51.0 Å². The molecule has 0 aromatic carbocycles. The summed E-state index contributed by atoms with van der Waals surface area (Å²) in [6, 6.07) is 0. The molecule has 0 amide bonds. The quantitative estimate of drug-likeness (QED) is 0.500. The monoisotopic (exact) mass is 116 g/mol. The minimum Gasteiger partial charge on any atom is -0.151 e. The molecule has 0 spiro atoms. The molecular formula is C6H12S. The highest BCUT2D eigenvalue weighted by Crippen LogP contribution is 2.07. The van der Waals surface area contributed by atoms with E-state index in [2.05, 4.69) is 33.4 Å². The minimum atomic E-state index is 0.650. The Morgan fingerprint density at radius 1 is 1.57 bits per heavy atom. The van der Waals surface area contributed by atoms with Crippen molar-refractivity contribution >= 4 is 12.6 Å². The van der Waals surface area contributed by atoms with E-state index in [1.165, 1.54) is 5.57 Å². The fourth-order valence-corrected chi connectivity index (χ4v) is 0.447. The number of allylic oxidation sites excluding steroid dienone is 1. The second kappa shape index (κ2) is 3.14. The van der Waals surface area contributed by atoms with Crippen molar-refractivity contribution in [2.75, 3.05) is 0 Å². The van der Waals surface area contributed by atoms with Crippen molar-refractivity contribution in [1.29, 1.82) is 0 Å². The van der Waals surface area contributed by atoms with Crippen molar-refractivity contribution in [2.24, 2.45) is 5.92 Å². The molecule has 0 atom stereocenters. The van der Waals surface area contributed by atoms with Crippen molar-refractivity contribution in [3.05, 3.63) is 11.0 Å². The highest BCUT2D eigenvalue weighted by molar-refractivity contribution is 7.83. The summed E-state index contributed by atoms with van der Waals surface area (Å²) < 4.78 is 0. The maximum absolute atomic E-state index is 3.99. The van der Waals surface area contributed by atoms with E-state index in [0.29, 0.717) is 5.92 Å². The molecule has 0 aromatic rings. The molecule has 0 aliphatic rings. The zero-order valence-corrected chi connectivity index (χ0v) is 6.00. The summed E-state index contributed by atoms with van der Waals surface area (Å²) in [6.07, 6.45) is 0. The van der Waals surface area contributed by atoms with Crippen molar-refractivity contribution in [3.63, 3.8) is 0 Å². The van der Waals surface area contributed by atoms with Crippen LogP contribution in [-0.2, 0) is 0 Å². The summed E-state index contributed by atoms with van der Waals surface area (Å²) in [7, 11) is 0. The molecule has 1 heteroatoms. The first-order chi connectivity index (χ1) is 3.18. The molecule has 7 heavy (non-hydrogen) atoms. The predicted molar refractivity (Wildman–Crippen MR) is 37.6 cm³/mol. The molecule has 0 N–H and O–H groups in total. The molecule has 0 saturated carbocycles. The Hall–Kier alpha value is 0.0900. The molecule has 0 radical (unpaired) electrons. The van der Waals surface area contributed by atoms with Gasteiger partial charge in [0.2, 0.25) is 0 Å². The van der Waals surface area contributed by atoms with Crippen LogP contribution in [0.4, 0.5) is 0 Å². The maximum atomic E-state index is 3.99. The van der Waals surface area contributed by atoms with E-state index in [1.807, 2.05) is 5.41 Å². The van der Waals surface area contributed by atoms with Gasteiger partial charge in [0.25, 0.3) is 0 Å². The van der Waals surface area contributed by atoms with E-state index < -0.39 is 0 Å². The fourth-order valence-electron chi connectivity index (χ4n) is 0.149. The lowest BCUT2D eigenvalue weighted by Gasteiger charge is -1.99. The van der Waals surface area contributed by atoms with Crippen LogP contribution in [0.1, 0.15) is 20.8 Å². The smallest absolute Gasteiger partial charge is 0.0255 e. The molecule has 0 rings (SSSR count). The fraction of sp³-hybridized carbons (Fsp3) is 0.667. The molecule has 0 nitrogen and oxygen atoms in total. The van der Waals surface area contributed by atoms with E-state index in [-0.39, 0.29) is 0 Å². The molecule has 0 unspecified atom stereocenters. The summed E-state index contributed by atoms with van der Waals surface area (Å²) >= 11 is 3.99. The number of thiol groups is 1. The summed E-state index contributed by atoms with van der Waals surface area (Å²) in [5.74, 6) is 0.650. The van der Waals surface area contributed by atoms with Gasteiger partial charge in [-0.15, -0.1) is 0 Å². The maximum Gasteiger partial charge on any atom is -0.0255 e. The van der Waals surface area contributed by atoms with E-state index in [9.17, 15) is 0 Å². The van der Waals surface area contributed by atoms with Crippen LogP contribution < -0.4 is 0 Å². The number of hydrogen-bond acceptors (Lipinski definition) is 1. The van der Waals surface area contributed by atoms with Crippen LogP contribution in [0, 0.1) is 5.92 Å². The van der Waals surface area contributed by atoms with Crippen molar-refractivity contribution < 1.29 is 0 Å². The molecule has 0 bridgehead atoms. The lowest BCUT2D eigenvalue weighted by molar-refractivity contribution is 0.772. The van der Waals surface area contributed by atoms with Gasteiger partial charge in [0.15, 0.2) is 0 Å². The predicted octanol–water partition coefficient (Wildman–Crippen LogP) is 2.48. The highest BCUT2D eigenvalue weighted by Gasteiger charge is 1.90. The van der Waals surface area contributed by atoms with E-state index in [1.54, 1.807) is 0 Å². The van der Waals surface area contributed by atoms with Gasteiger partial charge >= 0.3 is 0 Å². The normalized spacial score (nSPS) is 13.0. The van der Waals surface area contributed by atoms with Crippen LogP contribution in [0.15, 0.2) is 11.0 Å². The second-order valence-corrected chi connectivity index (χ2v) is 2.29. The highest BCUT2D eigenvalue weighted by atomic mass is 32.1. The van der Waals surface area contributed by atoms with Crippen molar-refractivity contribution in [3.8, 4) is 0 Å². The lowest BCUT2D eigenvalue weighted by Crippen LogP contribution is -1.85. The largest absolute Gasteiger partial charge is 0.151 e. The van der Waals surface area contributed by atoms with Gasteiger partial charge in [0, 0.05) is 0 Å². The Morgan fingerprint density at radius 2 is 2.00 bits per heavy atom. The molecule has 0 saturated heterocycles. The average molecular weight is 116 g/mol. The third-order valence-corrected chi connectivity index (χ3v) is 1.52. The SMILES string of the molecule is C/C(=C\S)C(C)C. The molecular weight excluding hydrogens is 104 g/mol. The Balaban J connectivity index is 3.56. The van der Waals surface area contributed by atoms with Gasteiger partial charge in [-0.2, -0.15) is 12.6 Å². The van der Waals surface area contributed by atoms with Gasteiger partial charge in [-0.25, -0.2) is 0 Å². The summed E-state index contributed by atoms with van der Waals surface area (Å²) in [5.41, 5.74) is 1.34. The number of rotatable bonds is 1. The standard InChI is InChI=1S/C6H12S/c1-5(2)6(3)4-7/h4-5,7H,1-3H3/b6-4+. The molecule has 0 fully saturated rings. The second-order valence-electron chi connectivity index (χ2n) is 2.03. The first-order valence-corrected chi connectivity index (χ1v) is 3.01. The minimum absolute atomic E-state index is 0.650. The Morgan fingerprint density at radius 3 is 2.00 bits per heavy atom. The van der Waals surface area contributed by atoms with E-state index in [4.69, 9.17) is 0 Å². The van der Waals surface area contributed by atoms with Gasteiger partial charge in [-0.3, -0.25) is 0 Å². The molecule has 0 aromatic heterocycles. The van der Waals surface area contributed by atoms with Crippen LogP contribution in [0.25, 0.3) is 0 Å². The third-order valence-electron chi connectivity index (χ3n) is 1.11. The summed E-state index contributed by atoms with van der Waals surface area (Å²) in [5, 5.41) is 1.85. The first-order valence-electron chi connectivity index (χ1n) is 2.49. The van der Waals surface area contributed by atoms with Gasteiger partial charge in [0.05, 0.1) is 0 Å². The zero-order valence-electron chi connectivity index (χ0n) is 5.10. The van der Waals surface area contributed by atoms with Crippen molar-refractivity contribution in [1.82, 2.24) is 0 Å². The Bertz CT molecular complexity index is 72.2. The summed E-state index contributed by atoms with van der Waals surface area (Å²) in [6.45, 7) is 6.39. The number of hydrogen-bond donors (Lipinski definition) is 1. The van der Waals surface area contributed by atoms with E-state index >= 15 is 0 Å². The molecule has 0 heterocycles. The lowest BCUT2D eigenvalue weighted by atomic mass is 10.1. The molecule has 0 aliphatic carbocycles. The van der Waals surface area contributed by atoms with Gasteiger partial charge in [0.1, 0.15) is 0 Å².